The highest BCUT2D eigenvalue weighted by Crippen LogP contribution is 2.53. The van der Waals surface area contributed by atoms with Crippen molar-refractivity contribution in [1.29, 1.82) is 0 Å². The number of allylic oxidation sites excluding steroid dienone is 12. The lowest BCUT2D eigenvalue weighted by atomic mass is 10.1. The Balaban J connectivity index is 1.93. The summed E-state index contributed by atoms with van der Waals surface area (Å²) in [7, 11) is -1.99. The molecular formula is C18H21ClSi. The van der Waals surface area contributed by atoms with Gasteiger partial charge in [-0.1, -0.05) is 72.9 Å². The third-order valence-corrected chi connectivity index (χ3v) is 11.9. The second-order valence-corrected chi connectivity index (χ2v) is 11.6. The van der Waals surface area contributed by atoms with Crippen molar-refractivity contribution in [2.45, 2.75) is 35.9 Å². The van der Waals surface area contributed by atoms with Gasteiger partial charge in [0.25, 0.3) is 0 Å². The molecule has 0 saturated carbocycles. The minimum atomic E-state index is -1.99. The molecule has 0 radical (unpaired) electrons. The first kappa shape index (κ1) is 13.9. The topological polar surface area (TPSA) is 0 Å². The zero-order valence-electron chi connectivity index (χ0n) is 11.7. The van der Waals surface area contributed by atoms with Crippen LogP contribution in [0.25, 0.3) is 0 Å². The van der Waals surface area contributed by atoms with Crippen molar-refractivity contribution >= 4 is 18.5 Å². The molecule has 0 N–H and O–H groups in total. The first-order chi connectivity index (χ1) is 9.82. The molecule has 3 aliphatic carbocycles. The van der Waals surface area contributed by atoms with Crippen LogP contribution >= 0.6 is 11.1 Å². The lowest BCUT2D eigenvalue weighted by molar-refractivity contribution is 0.837. The molecule has 0 nitrogen and oxygen atoms in total. The second-order valence-electron chi connectivity index (χ2n) is 5.79. The standard InChI is InChI=1S/C18H21ClSi/c19-20(16-10-4-1-5-11-16,17-12-6-2-7-13-17)18-14-8-3-9-15-18/h1-10,12,14,16-18H,11,13,15H2. The molecule has 0 fully saturated rings. The van der Waals surface area contributed by atoms with E-state index in [9.17, 15) is 0 Å². The van der Waals surface area contributed by atoms with Crippen molar-refractivity contribution in [2.75, 3.05) is 0 Å². The Bertz CT molecular complexity index is 447. The van der Waals surface area contributed by atoms with Crippen LogP contribution in [0.4, 0.5) is 0 Å². The van der Waals surface area contributed by atoms with E-state index >= 15 is 0 Å². The molecule has 3 unspecified atom stereocenters. The average molecular weight is 301 g/mol. The van der Waals surface area contributed by atoms with Crippen LogP contribution in [0.15, 0.2) is 72.9 Å². The number of hydrogen-bond donors (Lipinski definition) is 0. The summed E-state index contributed by atoms with van der Waals surface area (Å²) in [6.07, 6.45) is 30.2. The van der Waals surface area contributed by atoms with Gasteiger partial charge in [0.15, 0.2) is 7.38 Å². The maximum atomic E-state index is 7.46. The summed E-state index contributed by atoms with van der Waals surface area (Å²) >= 11 is 7.46. The first-order valence-corrected chi connectivity index (χ1v) is 10.7. The minimum Gasteiger partial charge on any atom is -0.165 e. The summed E-state index contributed by atoms with van der Waals surface area (Å²) in [5.74, 6) is 0. The van der Waals surface area contributed by atoms with E-state index < -0.39 is 7.38 Å². The van der Waals surface area contributed by atoms with Crippen LogP contribution < -0.4 is 0 Å². The molecule has 0 saturated heterocycles. The van der Waals surface area contributed by atoms with E-state index in [1.807, 2.05) is 0 Å². The van der Waals surface area contributed by atoms with Gasteiger partial charge in [0, 0.05) is 0 Å². The number of rotatable bonds is 3. The van der Waals surface area contributed by atoms with E-state index in [0.717, 1.165) is 19.3 Å². The zero-order chi connectivity index (χ0) is 13.8. The molecule has 0 aliphatic heterocycles. The molecule has 3 aliphatic rings. The maximum absolute atomic E-state index is 7.46. The third kappa shape index (κ3) is 2.57. The van der Waals surface area contributed by atoms with Crippen molar-refractivity contribution in [1.82, 2.24) is 0 Å². The maximum Gasteiger partial charge on any atom is 0.177 e. The van der Waals surface area contributed by atoms with E-state index in [1.165, 1.54) is 0 Å². The quantitative estimate of drug-likeness (QED) is 0.454. The molecule has 0 bridgehead atoms. The van der Waals surface area contributed by atoms with Crippen molar-refractivity contribution in [3.05, 3.63) is 72.9 Å². The van der Waals surface area contributed by atoms with Crippen LogP contribution in [0.2, 0.25) is 16.6 Å². The van der Waals surface area contributed by atoms with Crippen molar-refractivity contribution in [3.63, 3.8) is 0 Å². The second kappa shape index (κ2) is 6.15. The smallest absolute Gasteiger partial charge is 0.165 e. The van der Waals surface area contributed by atoms with Gasteiger partial charge in [-0.05, 0) is 35.9 Å². The summed E-state index contributed by atoms with van der Waals surface area (Å²) in [5, 5.41) is 0. The van der Waals surface area contributed by atoms with Gasteiger partial charge in [0.05, 0.1) is 0 Å². The lowest BCUT2D eigenvalue weighted by Gasteiger charge is -2.43. The summed E-state index contributed by atoms with van der Waals surface area (Å²) in [6, 6.07) is 0. The SMILES string of the molecule is Cl[Si](C1C=CC=CC1)(C1C=CC=CC1)C1C=CC=CC1. The van der Waals surface area contributed by atoms with Gasteiger partial charge in [0.2, 0.25) is 0 Å². The van der Waals surface area contributed by atoms with Gasteiger partial charge in [-0.3, -0.25) is 0 Å². The van der Waals surface area contributed by atoms with E-state index in [0.29, 0.717) is 16.6 Å². The Hall–Kier alpha value is -1.05. The zero-order valence-corrected chi connectivity index (χ0v) is 13.4. The number of hydrogen-bond acceptors (Lipinski definition) is 0. The highest BCUT2D eigenvalue weighted by Gasteiger charge is 2.49. The Morgan fingerprint density at radius 2 is 0.950 bits per heavy atom. The van der Waals surface area contributed by atoms with Crippen LogP contribution in [0.1, 0.15) is 19.3 Å². The van der Waals surface area contributed by atoms with Gasteiger partial charge >= 0.3 is 0 Å². The molecule has 0 aromatic rings. The molecule has 0 amide bonds. The summed E-state index contributed by atoms with van der Waals surface area (Å²) in [6.45, 7) is 0. The van der Waals surface area contributed by atoms with Gasteiger partial charge < -0.3 is 0 Å². The summed E-state index contributed by atoms with van der Waals surface area (Å²) in [4.78, 5) is 0. The van der Waals surface area contributed by atoms with Crippen LogP contribution in [-0.2, 0) is 0 Å². The number of halogens is 1. The molecule has 3 atom stereocenters. The molecule has 104 valence electrons. The molecule has 3 rings (SSSR count). The molecule has 0 aromatic heterocycles. The van der Waals surface area contributed by atoms with Crippen LogP contribution in [0, 0.1) is 0 Å². The third-order valence-electron chi connectivity index (χ3n) is 4.65. The minimum absolute atomic E-state index is 0.538. The van der Waals surface area contributed by atoms with Crippen molar-refractivity contribution in [3.8, 4) is 0 Å². The summed E-state index contributed by atoms with van der Waals surface area (Å²) in [5.41, 5.74) is 1.62. The van der Waals surface area contributed by atoms with Crippen LogP contribution in [-0.4, -0.2) is 7.38 Å². The molecule has 0 heterocycles. The fourth-order valence-corrected chi connectivity index (χ4v) is 9.37. The van der Waals surface area contributed by atoms with Gasteiger partial charge in [-0.15, -0.1) is 0 Å². The Morgan fingerprint density at radius 3 is 1.20 bits per heavy atom. The monoisotopic (exact) mass is 300 g/mol. The lowest BCUT2D eigenvalue weighted by Crippen LogP contribution is -2.43. The van der Waals surface area contributed by atoms with E-state index in [4.69, 9.17) is 11.1 Å². The fourth-order valence-electron chi connectivity index (χ4n) is 3.55. The van der Waals surface area contributed by atoms with Crippen molar-refractivity contribution < 1.29 is 0 Å². The molecule has 2 heteroatoms. The Labute approximate surface area is 127 Å². The first-order valence-electron chi connectivity index (χ1n) is 7.50. The molecular weight excluding hydrogens is 280 g/mol. The summed E-state index contributed by atoms with van der Waals surface area (Å²) < 4.78 is 0. The average Bonchev–Trinajstić information content (AvgIpc) is 2.56. The Kier molecular flexibility index (Phi) is 4.28. The van der Waals surface area contributed by atoms with Gasteiger partial charge in [-0.25, -0.2) is 0 Å². The highest BCUT2D eigenvalue weighted by molar-refractivity contribution is 7.23. The predicted octanol–water partition coefficient (Wildman–Crippen LogP) is 5.83. The Morgan fingerprint density at radius 1 is 0.600 bits per heavy atom. The normalized spacial score (nSPS) is 34.4. The van der Waals surface area contributed by atoms with Gasteiger partial charge in [-0.2, -0.15) is 11.1 Å². The molecule has 0 aromatic carbocycles. The van der Waals surface area contributed by atoms with Gasteiger partial charge in [0.1, 0.15) is 0 Å². The fraction of sp³-hybridized carbons (Fsp3) is 0.333. The van der Waals surface area contributed by atoms with E-state index in [-0.39, 0.29) is 0 Å². The largest absolute Gasteiger partial charge is 0.177 e. The van der Waals surface area contributed by atoms with Crippen molar-refractivity contribution in [2.24, 2.45) is 0 Å². The molecule has 0 spiro atoms. The molecule has 20 heavy (non-hydrogen) atoms. The van der Waals surface area contributed by atoms with Crippen LogP contribution in [0.5, 0.6) is 0 Å². The van der Waals surface area contributed by atoms with E-state index in [1.54, 1.807) is 0 Å². The predicted molar refractivity (Wildman–Crippen MR) is 91.5 cm³/mol. The van der Waals surface area contributed by atoms with Crippen LogP contribution in [0.3, 0.4) is 0 Å². The highest BCUT2D eigenvalue weighted by atomic mass is 35.6. The van der Waals surface area contributed by atoms with E-state index in [2.05, 4.69) is 72.9 Å².